The van der Waals surface area contributed by atoms with Crippen molar-refractivity contribution in [3.63, 3.8) is 0 Å². The van der Waals surface area contributed by atoms with Gasteiger partial charge in [-0.3, -0.25) is 5.41 Å². The first-order valence-electron chi connectivity index (χ1n) is 5.60. The number of amidine groups is 1. The minimum absolute atomic E-state index is 0.0440. The number of amides is 1. The Kier molecular flexibility index (Phi) is 2.89. The molecule has 0 bridgehead atoms. The third-order valence-electron chi connectivity index (χ3n) is 2.84. The van der Waals surface area contributed by atoms with Crippen molar-refractivity contribution in [2.75, 3.05) is 0 Å². The van der Waals surface area contributed by atoms with E-state index in [-0.39, 0.29) is 4.90 Å². The summed E-state index contributed by atoms with van der Waals surface area (Å²) in [6, 6.07) is 6.05. The summed E-state index contributed by atoms with van der Waals surface area (Å²) >= 11 is 0. The van der Waals surface area contributed by atoms with E-state index in [4.69, 9.17) is 10.1 Å². The highest BCUT2D eigenvalue weighted by Gasteiger charge is 2.50. The standard InChI is InChI=1S/C12H14N2O4S/c1-8-4-6-9(7-5-8)19(16,17)14-10(13)12(2,3)18-11(14)15/h4-7,13H,1-3H3. The van der Waals surface area contributed by atoms with Gasteiger partial charge in [0.25, 0.3) is 10.0 Å². The summed E-state index contributed by atoms with van der Waals surface area (Å²) < 4.78 is 30.0. The first-order chi connectivity index (χ1) is 8.66. The van der Waals surface area contributed by atoms with Crippen LogP contribution in [-0.4, -0.2) is 30.3 Å². The van der Waals surface area contributed by atoms with Gasteiger partial charge in [0.1, 0.15) is 0 Å². The number of nitrogens with one attached hydrogen (secondary N) is 1. The van der Waals surface area contributed by atoms with Gasteiger partial charge in [-0.25, -0.2) is 13.2 Å². The fourth-order valence-corrected chi connectivity index (χ4v) is 3.06. The van der Waals surface area contributed by atoms with E-state index in [9.17, 15) is 13.2 Å². The molecule has 1 aliphatic heterocycles. The van der Waals surface area contributed by atoms with Gasteiger partial charge in [0.2, 0.25) is 0 Å². The number of rotatable bonds is 2. The first kappa shape index (κ1) is 13.5. The second kappa shape index (κ2) is 4.06. The molecule has 7 heteroatoms. The van der Waals surface area contributed by atoms with Crippen LogP contribution >= 0.6 is 0 Å². The van der Waals surface area contributed by atoms with Crippen LogP contribution in [0.4, 0.5) is 4.79 Å². The van der Waals surface area contributed by atoms with Crippen molar-refractivity contribution in [1.82, 2.24) is 4.31 Å². The normalized spacial score (nSPS) is 18.6. The van der Waals surface area contributed by atoms with E-state index in [1.165, 1.54) is 26.0 Å². The molecule has 0 spiro atoms. The van der Waals surface area contributed by atoms with Crippen molar-refractivity contribution in [2.45, 2.75) is 31.3 Å². The minimum atomic E-state index is -4.09. The Morgan fingerprint density at radius 3 is 2.16 bits per heavy atom. The van der Waals surface area contributed by atoms with Crippen LogP contribution in [0.1, 0.15) is 19.4 Å². The van der Waals surface area contributed by atoms with Crippen LogP contribution in [0.2, 0.25) is 0 Å². The van der Waals surface area contributed by atoms with E-state index >= 15 is 0 Å². The molecule has 0 atom stereocenters. The Morgan fingerprint density at radius 2 is 1.74 bits per heavy atom. The molecule has 0 aliphatic carbocycles. The Morgan fingerprint density at radius 1 is 1.21 bits per heavy atom. The van der Waals surface area contributed by atoms with Gasteiger partial charge in [-0.15, -0.1) is 0 Å². The van der Waals surface area contributed by atoms with Crippen molar-refractivity contribution >= 4 is 22.0 Å². The third kappa shape index (κ3) is 2.10. The lowest BCUT2D eigenvalue weighted by Gasteiger charge is -2.17. The molecule has 2 rings (SSSR count). The number of aryl methyl sites for hydroxylation is 1. The topological polar surface area (TPSA) is 87.5 Å². The second-order valence-electron chi connectivity index (χ2n) is 4.81. The minimum Gasteiger partial charge on any atom is -0.434 e. The summed E-state index contributed by atoms with van der Waals surface area (Å²) in [5.74, 6) is -0.391. The van der Waals surface area contributed by atoms with Gasteiger partial charge in [-0.05, 0) is 32.9 Å². The molecule has 0 unspecified atom stereocenters. The zero-order chi connectivity index (χ0) is 14.4. The van der Waals surface area contributed by atoms with Crippen molar-refractivity contribution in [1.29, 1.82) is 5.41 Å². The quantitative estimate of drug-likeness (QED) is 0.897. The SMILES string of the molecule is Cc1ccc(S(=O)(=O)N2C(=N)C(C)(C)OC2=O)cc1. The fourth-order valence-electron chi connectivity index (χ4n) is 1.68. The summed E-state index contributed by atoms with van der Waals surface area (Å²) in [5, 5.41) is 7.79. The van der Waals surface area contributed by atoms with Gasteiger partial charge in [0.15, 0.2) is 11.4 Å². The number of nitrogens with zero attached hydrogens (tertiary/aromatic N) is 1. The van der Waals surface area contributed by atoms with E-state index in [0.717, 1.165) is 5.56 Å². The number of sulfonamides is 1. The van der Waals surface area contributed by atoms with Gasteiger partial charge in [-0.2, -0.15) is 4.31 Å². The lowest BCUT2D eigenvalue weighted by Crippen LogP contribution is -2.39. The van der Waals surface area contributed by atoms with Crippen LogP contribution in [0.25, 0.3) is 0 Å². The van der Waals surface area contributed by atoms with Gasteiger partial charge in [-0.1, -0.05) is 17.7 Å². The number of ether oxygens (including phenoxy) is 1. The molecule has 0 aromatic heterocycles. The first-order valence-corrected chi connectivity index (χ1v) is 7.04. The summed E-state index contributed by atoms with van der Waals surface area (Å²) in [6.07, 6.45) is -1.05. The van der Waals surface area contributed by atoms with Crippen molar-refractivity contribution < 1.29 is 17.9 Å². The maximum atomic E-state index is 12.3. The van der Waals surface area contributed by atoms with Crippen LogP contribution in [0, 0.1) is 12.3 Å². The molecule has 1 fully saturated rings. The molecular formula is C12H14N2O4S. The zero-order valence-corrected chi connectivity index (χ0v) is 11.6. The number of benzene rings is 1. The number of carbonyl (C=O) groups is 1. The van der Waals surface area contributed by atoms with Crippen LogP contribution in [0.5, 0.6) is 0 Å². The Labute approximate surface area is 111 Å². The van der Waals surface area contributed by atoms with Gasteiger partial charge >= 0.3 is 6.09 Å². The molecule has 0 saturated carbocycles. The summed E-state index contributed by atoms with van der Waals surface area (Å²) in [7, 11) is -4.09. The molecule has 6 nitrogen and oxygen atoms in total. The van der Waals surface area contributed by atoms with E-state index in [0.29, 0.717) is 4.31 Å². The lowest BCUT2D eigenvalue weighted by atomic mass is 10.1. The molecule has 1 aromatic carbocycles. The molecule has 1 aliphatic rings. The molecule has 1 saturated heterocycles. The highest BCUT2D eigenvalue weighted by molar-refractivity contribution is 7.90. The Bertz CT molecular complexity index is 647. The number of carbonyl (C=O) groups excluding carboxylic acids is 1. The van der Waals surface area contributed by atoms with Crippen LogP contribution in [0.3, 0.4) is 0 Å². The molecule has 102 valence electrons. The molecule has 1 heterocycles. The van der Waals surface area contributed by atoms with E-state index < -0.39 is 27.6 Å². The molecular weight excluding hydrogens is 268 g/mol. The zero-order valence-electron chi connectivity index (χ0n) is 10.8. The van der Waals surface area contributed by atoms with E-state index in [1.807, 2.05) is 6.92 Å². The Balaban J connectivity index is 2.49. The average molecular weight is 282 g/mol. The fraction of sp³-hybridized carbons (Fsp3) is 0.333. The third-order valence-corrected chi connectivity index (χ3v) is 4.52. The highest BCUT2D eigenvalue weighted by atomic mass is 32.2. The van der Waals surface area contributed by atoms with E-state index in [1.54, 1.807) is 12.1 Å². The number of hydrogen-bond donors (Lipinski definition) is 1. The Hall–Kier alpha value is -1.89. The summed E-state index contributed by atoms with van der Waals surface area (Å²) in [4.78, 5) is 11.6. The van der Waals surface area contributed by atoms with Gasteiger partial charge < -0.3 is 4.74 Å². The lowest BCUT2D eigenvalue weighted by molar-refractivity contribution is 0.104. The van der Waals surface area contributed by atoms with Crippen molar-refractivity contribution in [3.05, 3.63) is 29.8 Å². The summed E-state index contributed by atoms with van der Waals surface area (Å²) in [6.45, 7) is 4.77. The highest BCUT2D eigenvalue weighted by Crippen LogP contribution is 2.29. The van der Waals surface area contributed by atoms with Crippen molar-refractivity contribution in [3.8, 4) is 0 Å². The number of cyclic esters (lactones) is 1. The molecule has 1 amide bonds. The smallest absolute Gasteiger partial charge is 0.430 e. The van der Waals surface area contributed by atoms with Crippen LogP contribution in [-0.2, 0) is 14.8 Å². The van der Waals surface area contributed by atoms with Crippen LogP contribution < -0.4 is 0 Å². The number of hydrogen-bond acceptors (Lipinski definition) is 5. The monoisotopic (exact) mass is 282 g/mol. The maximum Gasteiger partial charge on any atom is 0.430 e. The maximum absolute atomic E-state index is 12.3. The van der Waals surface area contributed by atoms with Crippen LogP contribution in [0.15, 0.2) is 29.2 Å². The molecule has 1 aromatic rings. The summed E-state index contributed by atoms with van der Waals surface area (Å²) in [5.41, 5.74) is -0.340. The molecule has 19 heavy (non-hydrogen) atoms. The predicted molar refractivity (Wildman–Crippen MR) is 68.5 cm³/mol. The second-order valence-corrected chi connectivity index (χ2v) is 6.60. The van der Waals surface area contributed by atoms with Gasteiger partial charge in [0, 0.05) is 0 Å². The molecule has 1 N–H and O–H groups in total. The van der Waals surface area contributed by atoms with E-state index in [2.05, 4.69) is 0 Å². The predicted octanol–water partition coefficient (Wildman–Crippen LogP) is 1.89. The largest absolute Gasteiger partial charge is 0.434 e. The average Bonchev–Trinajstić information content (AvgIpc) is 2.48. The van der Waals surface area contributed by atoms with Crippen molar-refractivity contribution in [2.24, 2.45) is 0 Å². The van der Waals surface area contributed by atoms with Gasteiger partial charge in [0.05, 0.1) is 4.90 Å². The molecule has 0 radical (unpaired) electrons.